The average Bonchev–Trinajstić information content (AvgIpc) is 2.79. The Morgan fingerprint density at radius 1 is 1.13 bits per heavy atom. The summed E-state index contributed by atoms with van der Waals surface area (Å²) in [5, 5.41) is 3.07. The largest absolute Gasteiger partial charge is 0.496 e. The molecule has 0 bridgehead atoms. The van der Waals surface area contributed by atoms with Crippen molar-refractivity contribution in [2.75, 3.05) is 33.4 Å². The second kappa shape index (κ2) is 10.3. The molecule has 2 aromatic rings. The van der Waals surface area contributed by atoms with Crippen LogP contribution in [0.5, 0.6) is 5.75 Å². The Morgan fingerprint density at radius 3 is 2.42 bits per heavy atom. The molecule has 7 nitrogen and oxygen atoms in total. The van der Waals surface area contributed by atoms with Gasteiger partial charge in [-0.3, -0.25) is 4.79 Å². The maximum atomic E-state index is 13.2. The fourth-order valence-corrected chi connectivity index (χ4v) is 5.07. The van der Waals surface area contributed by atoms with Crippen molar-refractivity contribution in [3.05, 3.63) is 59.7 Å². The van der Waals surface area contributed by atoms with Gasteiger partial charge in [-0.25, -0.2) is 8.42 Å². The molecular weight excluding hydrogens is 416 g/mol. The second-order valence-corrected chi connectivity index (χ2v) is 9.88. The molecule has 0 unspecified atom stereocenters. The molecule has 8 heteroatoms. The minimum Gasteiger partial charge on any atom is -0.496 e. The van der Waals surface area contributed by atoms with E-state index in [4.69, 9.17) is 9.47 Å². The molecule has 1 atom stereocenters. The number of nitrogens with one attached hydrogen (secondary N) is 1. The Hall–Kier alpha value is -2.42. The van der Waals surface area contributed by atoms with Crippen molar-refractivity contribution in [3.63, 3.8) is 0 Å². The van der Waals surface area contributed by atoms with E-state index < -0.39 is 10.0 Å². The number of sulfonamides is 1. The van der Waals surface area contributed by atoms with Gasteiger partial charge in [-0.2, -0.15) is 4.31 Å². The summed E-state index contributed by atoms with van der Waals surface area (Å²) in [6, 6.07) is 14.0. The normalized spacial score (nSPS) is 16.1. The number of amides is 1. The van der Waals surface area contributed by atoms with Crippen LogP contribution >= 0.6 is 0 Å². The van der Waals surface area contributed by atoms with Gasteiger partial charge in [-0.1, -0.05) is 44.2 Å². The Bertz CT molecular complexity index is 986. The molecule has 1 amide bonds. The SMILES string of the molecule is COc1ccc(S(=O)(=O)N2CCOCC2)cc1C(=O)N[C@@H](CC(C)C)c1ccccc1. The van der Waals surface area contributed by atoms with Gasteiger partial charge < -0.3 is 14.8 Å². The van der Waals surface area contributed by atoms with Crippen molar-refractivity contribution in [1.82, 2.24) is 9.62 Å². The van der Waals surface area contributed by atoms with Crippen LogP contribution in [0.1, 0.15) is 42.2 Å². The monoisotopic (exact) mass is 446 g/mol. The van der Waals surface area contributed by atoms with Crippen LogP contribution in [-0.2, 0) is 14.8 Å². The molecule has 168 valence electrons. The number of hydrogen-bond acceptors (Lipinski definition) is 5. The quantitative estimate of drug-likeness (QED) is 0.673. The fraction of sp³-hybridized carbons (Fsp3) is 0.435. The standard InChI is InChI=1S/C23H30N2O5S/c1-17(2)15-21(18-7-5-4-6-8-18)24-23(26)20-16-19(9-10-22(20)29-3)31(27,28)25-11-13-30-14-12-25/h4-10,16-17,21H,11-15H2,1-3H3,(H,24,26)/t21-/m0/s1. The molecule has 0 saturated carbocycles. The Morgan fingerprint density at radius 2 is 1.81 bits per heavy atom. The summed E-state index contributed by atoms with van der Waals surface area (Å²) < 4.78 is 38.1. The lowest BCUT2D eigenvalue weighted by Gasteiger charge is -2.26. The zero-order valence-corrected chi connectivity index (χ0v) is 19.0. The van der Waals surface area contributed by atoms with Crippen LogP contribution in [0.15, 0.2) is 53.4 Å². The third-order valence-electron chi connectivity index (χ3n) is 5.24. The van der Waals surface area contributed by atoms with Crippen LogP contribution in [-0.4, -0.2) is 52.0 Å². The molecule has 0 spiro atoms. The van der Waals surface area contributed by atoms with Gasteiger partial charge in [-0.15, -0.1) is 0 Å². The molecule has 0 aliphatic carbocycles. The number of nitrogens with zero attached hydrogens (tertiary/aromatic N) is 1. The molecule has 1 aliphatic heterocycles. The Balaban J connectivity index is 1.91. The number of ether oxygens (including phenoxy) is 2. The van der Waals surface area contributed by atoms with E-state index in [1.165, 1.54) is 29.6 Å². The second-order valence-electron chi connectivity index (χ2n) is 7.94. The van der Waals surface area contributed by atoms with Crippen molar-refractivity contribution in [1.29, 1.82) is 0 Å². The molecule has 1 N–H and O–H groups in total. The molecular formula is C23H30N2O5S. The minimum absolute atomic E-state index is 0.0699. The van der Waals surface area contributed by atoms with E-state index in [1.54, 1.807) is 0 Å². The highest BCUT2D eigenvalue weighted by atomic mass is 32.2. The highest BCUT2D eigenvalue weighted by Crippen LogP contribution is 2.27. The van der Waals surface area contributed by atoms with E-state index in [9.17, 15) is 13.2 Å². The summed E-state index contributed by atoms with van der Waals surface area (Å²) in [6.07, 6.45) is 0.754. The predicted molar refractivity (Wildman–Crippen MR) is 119 cm³/mol. The maximum absolute atomic E-state index is 13.2. The van der Waals surface area contributed by atoms with Crippen LogP contribution < -0.4 is 10.1 Å². The summed E-state index contributed by atoms with van der Waals surface area (Å²) in [6.45, 7) is 5.49. The van der Waals surface area contributed by atoms with Gasteiger partial charge in [0, 0.05) is 13.1 Å². The molecule has 1 fully saturated rings. The summed E-state index contributed by atoms with van der Waals surface area (Å²) in [4.78, 5) is 13.3. The van der Waals surface area contributed by atoms with Gasteiger partial charge >= 0.3 is 0 Å². The Labute approximate surface area is 184 Å². The van der Waals surface area contributed by atoms with Crippen molar-refractivity contribution in [2.45, 2.75) is 31.2 Å². The lowest BCUT2D eigenvalue weighted by atomic mass is 9.96. The van der Waals surface area contributed by atoms with Crippen LogP contribution in [0.25, 0.3) is 0 Å². The topological polar surface area (TPSA) is 84.9 Å². The number of morpholine rings is 1. The zero-order valence-electron chi connectivity index (χ0n) is 18.2. The number of methoxy groups -OCH3 is 1. The van der Waals surface area contributed by atoms with E-state index in [0.717, 1.165) is 12.0 Å². The number of hydrogen-bond donors (Lipinski definition) is 1. The van der Waals surface area contributed by atoms with E-state index >= 15 is 0 Å². The lowest BCUT2D eigenvalue weighted by Crippen LogP contribution is -2.40. The van der Waals surface area contributed by atoms with Crippen LogP contribution in [0.3, 0.4) is 0 Å². The van der Waals surface area contributed by atoms with E-state index in [1.807, 2.05) is 30.3 Å². The third-order valence-corrected chi connectivity index (χ3v) is 7.13. The minimum atomic E-state index is -3.72. The molecule has 1 heterocycles. The van der Waals surface area contributed by atoms with E-state index in [0.29, 0.717) is 38.0 Å². The molecule has 0 aromatic heterocycles. The molecule has 1 saturated heterocycles. The summed E-state index contributed by atoms with van der Waals surface area (Å²) in [5.41, 5.74) is 1.20. The van der Waals surface area contributed by atoms with Gasteiger partial charge in [0.1, 0.15) is 5.75 Å². The fourth-order valence-electron chi connectivity index (χ4n) is 3.63. The van der Waals surface area contributed by atoms with Crippen molar-refractivity contribution >= 4 is 15.9 Å². The first-order valence-electron chi connectivity index (χ1n) is 10.4. The molecule has 2 aromatic carbocycles. The first-order chi connectivity index (χ1) is 14.8. The zero-order chi connectivity index (χ0) is 22.4. The van der Waals surface area contributed by atoms with Crippen LogP contribution in [0, 0.1) is 5.92 Å². The molecule has 3 rings (SSSR count). The number of carbonyl (C=O) groups is 1. The van der Waals surface area contributed by atoms with Gasteiger partial charge in [0.05, 0.1) is 36.8 Å². The number of benzene rings is 2. The lowest BCUT2D eigenvalue weighted by molar-refractivity contribution is 0.0730. The summed E-state index contributed by atoms with van der Waals surface area (Å²) >= 11 is 0. The van der Waals surface area contributed by atoms with Gasteiger partial charge in [0.25, 0.3) is 5.91 Å². The van der Waals surface area contributed by atoms with Crippen LogP contribution in [0.2, 0.25) is 0 Å². The van der Waals surface area contributed by atoms with Crippen molar-refractivity contribution in [3.8, 4) is 5.75 Å². The highest BCUT2D eigenvalue weighted by molar-refractivity contribution is 7.89. The average molecular weight is 447 g/mol. The maximum Gasteiger partial charge on any atom is 0.255 e. The van der Waals surface area contributed by atoms with Gasteiger partial charge in [-0.05, 0) is 36.1 Å². The molecule has 0 radical (unpaired) electrons. The van der Waals surface area contributed by atoms with Crippen molar-refractivity contribution in [2.24, 2.45) is 5.92 Å². The predicted octanol–water partition coefficient (Wildman–Crippen LogP) is 3.23. The molecule has 31 heavy (non-hydrogen) atoms. The first-order valence-corrected chi connectivity index (χ1v) is 11.9. The summed E-state index contributed by atoms with van der Waals surface area (Å²) in [7, 11) is -2.26. The first kappa shape index (κ1) is 23.2. The van der Waals surface area contributed by atoms with E-state index in [-0.39, 0.29) is 22.4 Å². The van der Waals surface area contributed by atoms with E-state index in [2.05, 4.69) is 19.2 Å². The van der Waals surface area contributed by atoms with Gasteiger partial charge in [0.2, 0.25) is 10.0 Å². The number of carbonyl (C=O) groups excluding carboxylic acids is 1. The smallest absolute Gasteiger partial charge is 0.255 e. The van der Waals surface area contributed by atoms with Crippen molar-refractivity contribution < 1.29 is 22.7 Å². The van der Waals surface area contributed by atoms with Crippen LogP contribution in [0.4, 0.5) is 0 Å². The third kappa shape index (κ3) is 5.64. The molecule has 1 aliphatic rings. The van der Waals surface area contributed by atoms with Gasteiger partial charge in [0.15, 0.2) is 0 Å². The summed E-state index contributed by atoms with van der Waals surface area (Å²) in [5.74, 6) is 0.320. The number of rotatable bonds is 8. The Kier molecular flexibility index (Phi) is 7.69. The highest BCUT2D eigenvalue weighted by Gasteiger charge is 2.28.